The predicted octanol–water partition coefficient (Wildman–Crippen LogP) is 1.03. The third-order valence-corrected chi connectivity index (χ3v) is 4.86. The van der Waals surface area contributed by atoms with Crippen molar-refractivity contribution in [2.75, 3.05) is 7.05 Å². The minimum atomic E-state index is 0.324. The van der Waals surface area contributed by atoms with Gasteiger partial charge in [-0.1, -0.05) is 0 Å². The molecular weight excluding hydrogens is 298 g/mol. The zero-order chi connectivity index (χ0) is 15.5. The number of aryl methyl sites for hydroxylation is 3. The number of guanidine groups is 1. The summed E-state index contributed by atoms with van der Waals surface area (Å²) in [7, 11) is 1.80. The molecule has 118 valence electrons. The van der Waals surface area contributed by atoms with Crippen LogP contribution >= 0.6 is 11.3 Å². The topological polar surface area (TPSA) is 80.0 Å². The smallest absolute Gasteiger partial charge is 0.191 e. The van der Waals surface area contributed by atoms with Crippen LogP contribution in [0.4, 0.5) is 0 Å². The highest BCUT2D eigenvalue weighted by atomic mass is 32.1. The minimum absolute atomic E-state index is 0.324. The van der Waals surface area contributed by atoms with Crippen molar-refractivity contribution in [2.24, 2.45) is 4.99 Å². The van der Waals surface area contributed by atoms with Gasteiger partial charge in [-0.15, -0.1) is 11.3 Å². The van der Waals surface area contributed by atoms with Crippen LogP contribution in [0.3, 0.4) is 0 Å². The highest BCUT2D eigenvalue weighted by Crippen LogP contribution is 2.16. The van der Waals surface area contributed by atoms with Gasteiger partial charge in [-0.3, -0.25) is 4.99 Å². The van der Waals surface area contributed by atoms with Crippen LogP contribution in [-0.4, -0.2) is 38.8 Å². The van der Waals surface area contributed by atoms with E-state index >= 15 is 0 Å². The first-order valence-corrected chi connectivity index (χ1v) is 8.24. The SMILES string of the molecule is CN=C(NCc1sc(C)nc1C)NC1CCc2ncnn2C1. The molecule has 3 heterocycles. The fourth-order valence-corrected chi connectivity index (χ4v) is 3.52. The van der Waals surface area contributed by atoms with Gasteiger partial charge < -0.3 is 10.6 Å². The molecule has 0 spiro atoms. The summed E-state index contributed by atoms with van der Waals surface area (Å²) >= 11 is 1.73. The number of fused-ring (bicyclic) bond motifs is 1. The Morgan fingerprint density at radius 2 is 2.36 bits per heavy atom. The van der Waals surface area contributed by atoms with Gasteiger partial charge in [0, 0.05) is 24.4 Å². The Labute approximate surface area is 133 Å². The van der Waals surface area contributed by atoms with Gasteiger partial charge in [-0.05, 0) is 20.3 Å². The van der Waals surface area contributed by atoms with Crippen LogP contribution in [0.25, 0.3) is 0 Å². The Morgan fingerprint density at radius 1 is 1.50 bits per heavy atom. The monoisotopic (exact) mass is 319 g/mol. The molecule has 8 heteroatoms. The number of thiazole rings is 1. The van der Waals surface area contributed by atoms with Crippen molar-refractivity contribution in [1.29, 1.82) is 0 Å². The maximum Gasteiger partial charge on any atom is 0.191 e. The van der Waals surface area contributed by atoms with E-state index < -0.39 is 0 Å². The summed E-state index contributed by atoms with van der Waals surface area (Å²) < 4.78 is 1.96. The van der Waals surface area contributed by atoms with Crippen molar-refractivity contribution >= 4 is 17.3 Å². The molecule has 3 rings (SSSR count). The van der Waals surface area contributed by atoms with Crippen molar-refractivity contribution in [3.8, 4) is 0 Å². The second kappa shape index (κ2) is 6.43. The lowest BCUT2D eigenvalue weighted by atomic mass is 10.1. The lowest BCUT2D eigenvalue weighted by Gasteiger charge is -2.25. The van der Waals surface area contributed by atoms with Crippen LogP contribution in [0.1, 0.15) is 27.8 Å². The standard InChI is InChI=1S/C14H21N7S/c1-9-12(22-10(2)19-9)6-16-14(15-3)20-11-4-5-13-17-8-18-21(13)7-11/h8,11H,4-7H2,1-3H3,(H2,15,16,20). The lowest BCUT2D eigenvalue weighted by Crippen LogP contribution is -2.46. The minimum Gasteiger partial charge on any atom is -0.352 e. The van der Waals surface area contributed by atoms with Gasteiger partial charge in [0.15, 0.2) is 5.96 Å². The molecule has 1 unspecified atom stereocenters. The van der Waals surface area contributed by atoms with Crippen molar-refractivity contribution in [2.45, 2.75) is 45.8 Å². The van der Waals surface area contributed by atoms with E-state index in [4.69, 9.17) is 0 Å². The molecule has 2 aromatic rings. The second-order valence-electron chi connectivity index (χ2n) is 5.41. The van der Waals surface area contributed by atoms with Crippen molar-refractivity contribution in [3.05, 3.63) is 27.7 Å². The second-order valence-corrected chi connectivity index (χ2v) is 6.69. The molecule has 0 bridgehead atoms. The molecule has 0 saturated carbocycles. The molecule has 0 radical (unpaired) electrons. The molecule has 7 nitrogen and oxygen atoms in total. The number of hydrogen-bond acceptors (Lipinski definition) is 5. The van der Waals surface area contributed by atoms with Gasteiger partial charge in [-0.25, -0.2) is 14.6 Å². The summed E-state index contributed by atoms with van der Waals surface area (Å²) in [4.78, 5) is 14.3. The van der Waals surface area contributed by atoms with Gasteiger partial charge in [0.25, 0.3) is 0 Å². The van der Waals surface area contributed by atoms with Gasteiger partial charge in [-0.2, -0.15) is 5.10 Å². The molecule has 1 atom stereocenters. The fourth-order valence-electron chi connectivity index (χ4n) is 2.64. The maximum atomic E-state index is 4.45. The highest BCUT2D eigenvalue weighted by Gasteiger charge is 2.20. The first kappa shape index (κ1) is 15.0. The van der Waals surface area contributed by atoms with E-state index in [9.17, 15) is 0 Å². The van der Waals surface area contributed by atoms with E-state index in [2.05, 4.69) is 30.7 Å². The van der Waals surface area contributed by atoms with Crippen LogP contribution in [-0.2, 0) is 19.5 Å². The van der Waals surface area contributed by atoms with Crippen LogP contribution < -0.4 is 10.6 Å². The molecule has 0 fully saturated rings. The first-order chi connectivity index (χ1) is 10.7. The highest BCUT2D eigenvalue weighted by molar-refractivity contribution is 7.11. The predicted molar refractivity (Wildman–Crippen MR) is 87.1 cm³/mol. The molecule has 0 saturated heterocycles. The Bertz CT molecular complexity index is 673. The van der Waals surface area contributed by atoms with Crippen LogP contribution in [0.5, 0.6) is 0 Å². The summed E-state index contributed by atoms with van der Waals surface area (Å²) in [5.74, 6) is 1.88. The molecule has 1 aliphatic rings. The average Bonchev–Trinajstić information content (AvgIpc) is 3.09. The molecule has 2 aromatic heterocycles. The van der Waals surface area contributed by atoms with Crippen molar-refractivity contribution in [1.82, 2.24) is 30.4 Å². The molecule has 2 N–H and O–H groups in total. The molecular formula is C14H21N7S. The number of aromatic nitrogens is 4. The fraction of sp³-hybridized carbons (Fsp3) is 0.571. The third kappa shape index (κ3) is 3.27. The molecule has 0 amide bonds. The number of nitrogens with zero attached hydrogens (tertiary/aromatic N) is 5. The quantitative estimate of drug-likeness (QED) is 0.652. The number of aliphatic imine (C=N–C) groups is 1. The van der Waals surface area contributed by atoms with Gasteiger partial charge in [0.05, 0.1) is 23.8 Å². The zero-order valence-electron chi connectivity index (χ0n) is 13.1. The summed E-state index contributed by atoms with van der Waals surface area (Å²) in [5.41, 5.74) is 1.09. The van der Waals surface area contributed by atoms with E-state index in [-0.39, 0.29) is 0 Å². The van der Waals surface area contributed by atoms with E-state index in [1.807, 2.05) is 18.5 Å². The van der Waals surface area contributed by atoms with E-state index in [0.717, 1.165) is 48.4 Å². The van der Waals surface area contributed by atoms with Gasteiger partial charge in [0.2, 0.25) is 0 Å². The van der Waals surface area contributed by atoms with Crippen molar-refractivity contribution < 1.29 is 0 Å². The zero-order valence-corrected chi connectivity index (χ0v) is 13.9. The van der Waals surface area contributed by atoms with Crippen LogP contribution in [0, 0.1) is 13.8 Å². The average molecular weight is 319 g/mol. The summed E-state index contributed by atoms with van der Waals surface area (Å²) in [6.45, 7) is 5.66. The summed E-state index contributed by atoms with van der Waals surface area (Å²) in [6.07, 6.45) is 3.61. The Morgan fingerprint density at radius 3 is 3.09 bits per heavy atom. The van der Waals surface area contributed by atoms with Crippen LogP contribution in [0.15, 0.2) is 11.3 Å². The van der Waals surface area contributed by atoms with Gasteiger partial charge >= 0.3 is 0 Å². The molecule has 0 aliphatic carbocycles. The van der Waals surface area contributed by atoms with Crippen molar-refractivity contribution in [3.63, 3.8) is 0 Å². The lowest BCUT2D eigenvalue weighted by molar-refractivity contribution is 0.393. The van der Waals surface area contributed by atoms with E-state index in [1.54, 1.807) is 24.7 Å². The van der Waals surface area contributed by atoms with Crippen LogP contribution in [0.2, 0.25) is 0 Å². The maximum absolute atomic E-state index is 4.45. The largest absolute Gasteiger partial charge is 0.352 e. The van der Waals surface area contributed by atoms with E-state index in [0.29, 0.717) is 6.04 Å². The summed E-state index contributed by atoms with van der Waals surface area (Å²) in [5, 5.41) is 12.2. The Kier molecular flexibility index (Phi) is 4.37. The van der Waals surface area contributed by atoms with Gasteiger partial charge in [0.1, 0.15) is 12.2 Å². The van der Waals surface area contributed by atoms with E-state index in [1.165, 1.54) is 4.88 Å². The molecule has 22 heavy (non-hydrogen) atoms. The summed E-state index contributed by atoms with van der Waals surface area (Å²) in [6, 6.07) is 0.324. The molecule has 0 aromatic carbocycles. The molecule has 1 aliphatic heterocycles. The Balaban J connectivity index is 1.56. The number of hydrogen-bond donors (Lipinski definition) is 2. The Hall–Kier alpha value is -1.96. The normalized spacial score (nSPS) is 18.1. The number of rotatable bonds is 3. The third-order valence-electron chi connectivity index (χ3n) is 3.79. The first-order valence-electron chi connectivity index (χ1n) is 7.42. The number of nitrogens with one attached hydrogen (secondary N) is 2.